The van der Waals surface area contributed by atoms with Gasteiger partial charge in [-0.15, -0.1) is 0 Å². The highest BCUT2D eigenvalue weighted by Gasteiger charge is 2.15. The van der Waals surface area contributed by atoms with Crippen LogP contribution in [0.15, 0.2) is 24.5 Å². The molecule has 0 radical (unpaired) electrons. The van der Waals surface area contributed by atoms with Gasteiger partial charge in [-0.25, -0.2) is 14.4 Å². The van der Waals surface area contributed by atoms with Gasteiger partial charge in [-0.3, -0.25) is 0 Å². The fourth-order valence-electron chi connectivity index (χ4n) is 4.26. The smallest absolute Gasteiger partial charge is 0.147 e. The van der Waals surface area contributed by atoms with E-state index < -0.39 is 0 Å². The highest BCUT2D eigenvalue weighted by molar-refractivity contribution is 5.88. The summed E-state index contributed by atoms with van der Waals surface area (Å²) in [5, 5.41) is 7.92. The van der Waals surface area contributed by atoms with Crippen LogP contribution in [0.5, 0.6) is 0 Å². The van der Waals surface area contributed by atoms with Crippen LogP contribution in [0.1, 0.15) is 48.9 Å². The van der Waals surface area contributed by atoms with Crippen LogP contribution in [0, 0.1) is 19.7 Å². The average molecular weight is 381 g/mol. The minimum absolute atomic E-state index is 0.197. The fraction of sp³-hybridized carbons (Fsp3) is 0.455. The van der Waals surface area contributed by atoms with Crippen LogP contribution in [-0.2, 0) is 6.42 Å². The van der Waals surface area contributed by atoms with Crippen molar-refractivity contribution >= 4 is 22.5 Å². The van der Waals surface area contributed by atoms with Gasteiger partial charge in [-0.05, 0) is 50.3 Å². The summed E-state index contributed by atoms with van der Waals surface area (Å²) in [5.74, 6) is 1.50. The Bertz CT molecular complexity index is 959. The zero-order valence-electron chi connectivity index (χ0n) is 16.6. The molecule has 1 aromatic carbocycles. The first-order valence-corrected chi connectivity index (χ1v) is 10.2. The van der Waals surface area contributed by atoms with E-state index in [0.717, 1.165) is 46.8 Å². The predicted molar refractivity (Wildman–Crippen MR) is 112 cm³/mol. The van der Waals surface area contributed by atoms with Gasteiger partial charge in [-0.1, -0.05) is 25.3 Å². The van der Waals surface area contributed by atoms with Gasteiger partial charge in [0.15, 0.2) is 0 Å². The lowest BCUT2D eigenvalue weighted by molar-refractivity contribution is 0.462. The molecule has 2 heterocycles. The molecular formula is C22H28FN5. The van der Waals surface area contributed by atoms with Crippen LogP contribution >= 0.6 is 0 Å². The van der Waals surface area contributed by atoms with Gasteiger partial charge >= 0.3 is 0 Å². The Labute approximate surface area is 165 Å². The number of fused-ring (bicyclic) bond motifs is 1. The third-order valence-electron chi connectivity index (χ3n) is 5.74. The number of hydrogen-bond acceptors (Lipinski definition) is 4. The molecule has 0 atom stereocenters. The maximum absolute atomic E-state index is 14.1. The van der Waals surface area contributed by atoms with E-state index in [-0.39, 0.29) is 5.82 Å². The van der Waals surface area contributed by atoms with Crippen molar-refractivity contribution in [3.8, 4) is 0 Å². The van der Waals surface area contributed by atoms with Crippen LogP contribution in [-0.4, -0.2) is 27.5 Å². The maximum Gasteiger partial charge on any atom is 0.147 e. The number of aromatic amines is 1. The molecule has 0 aliphatic heterocycles. The summed E-state index contributed by atoms with van der Waals surface area (Å²) in [6.45, 7) is 4.76. The number of nitrogens with one attached hydrogen (secondary N) is 3. The second-order valence-corrected chi connectivity index (χ2v) is 7.79. The molecule has 3 aromatic rings. The number of aromatic nitrogens is 3. The van der Waals surface area contributed by atoms with E-state index in [2.05, 4.69) is 25.6 Å². The van der Waals surface area contributed by atoms with Gasteiger partial charge in [0.2, 0.25) is 0 Å². The molecule has 0 spiro atoms. The Balaban J connectivity index is 1.42. The Hall–Kier alpha value is -2.63. The van der Waals surface area contributed by atoms with Crippen LogP contribution < -0.4 is 10.6 Å². The Kier molecular flexibility index (Phi) is 5.46. The molecule has 0 bridgehead atoms. The molecule has 28 heavy (non-hydrogen) atoms. The zero-order chi connectivity index (χ0) is 19.5. The van der Waals surface area contributed by atoms with E-state index in [0.29, 0.717) is 11.6 Å². The van der Waals surface area contributed by atoms with Crippen molar-refractivity contribution in [2.24, 2.45) is 0 Å². The summed E-state index contributed by atoms with van der Waals surface area (Å²) in [4.78, 5) is 11.9. The number of hydrogen-bond donors (Lipinski definition) is 3. The standard InChI is InChI=1S/C22H28FN5/c1-14-8-9-18(23)22-21(14)17(15(2)27-22)10-11-24-19-12-20(26-13-25-19)28-16-6-4-3-5-7-16/h8-9,12-13,16,27H,3-7,10-11H2,1-2H3,(H2,24,25,26,28). The Morgan fingerprint density at radius 2 is 1.89 bits per heavy atom. The van der Waals surface area contributed by atoms with E-state index in [4.69, 9.17) is 0 Å². The minimum atomic E-state index is -0.197. The minimum Gasteiger partial charge on any atom is -0.370 e. The molecule has 1 aliphatic carbocycles. The third kappa shape index (κ3) is 3.96. The fourth-order valence-corrected chi connectivity index (χ4v) is 4.26. The normalized spacial score (nSPS) is 15.1. The number of halogens is 1. The van der Waals surface area contributed by atoms with E-state index in [1.807, 2.05) is 26.0 Å². The molecule has 0 unspecified atom stereocenters. The number of benzene rings is 1. The molecule has 0 amide bonds. The summed E-state index contributed by atoms with van der Waals surface area (Å²) in [6, 6.07) is 5.86. The van der Waals surface area contributed by atoms with Gasteiger partial charge in [0.25, 0.3) is 0 Å². The van der Waals surface area contributed by atoms with Gasteiger partial charge in [-0.2, -0.15) is 0 Å². The molecule has 0 saturated heterocycles. The summed E-state index contributed by atoms with van der Waals surface area (Å²) >= 11 is 0. The van der Waals surface area contributed by atoms with Crippen molar-refractivity contribution in [1.82, 2.24) is 15.0 Å². The molecule has 1 fully saturated rings. The van der Waals surface area contributed by atoms with Crippen molar-refractivity contribution in [1.29, 1.82) is 0 Å². The predicted octanol–water partition coefficient (Wildman–Crippen LogP) is 5.11. The largest absolute Gasteiger partial charge is 0.370 e. The molecule has 5 nitrogen and oxygen atoms in total. The van der Waals surface area contributed by atoms with Crippen molar-refractivity contribution < 1.29 is 4.39 Å². The second-order valence-electron chi connectivity index (χ2n) is 7.79. The van der Waals surface area contributed by atoms with Gasteiger partial charge < -0.3 is 15.6 Å². The van der Waals surface area contributed by atoms with Crippen LogP contribution in [0.2, 0.25) is 0 Å². The van der Waals surface area contributed by atoms with E-state index in [9.17, 15) is 4.39 Å². The monoisotopic (exact) mass is 381 g/mol. The molecule has 1 aliphatic rings. The van der Waals surface area contributed by atoms with Crippen LogP contribution in [0.4, 0.5) is 16.0 Å². The Morgan fingerprint density at radius 1 is 1.11 bits per heavy atom. The van der Waals surface area contributed by atoms with Gasteiger partial charge in [0, 0.05) is 29.7 Å². The number of rotatable bonds is 6. The molecule has 4 rings (SSSR count). The quantitative estimate of drug-likeness (QED) is 0.555. The number of anilines is 2. The first kappa shape index (κ1) is 18.7. The van der Waals surface area contributed by atoms with E-state index in [1.165, 1.54) is 38.2 Å². The lowest BCUT2D eigenvalue weighted by Gasteiger charge is -2.23. The third-order valence-corrected chi connectivity index (χ3v) is 5.74. The van der Waals surface area contributed by atoms with Gasteiger partial charge in [0.05, 0.1) is 5.52 Å². The lowest BCUT2D eigenvalue weighted by atomic mass is 9.95. The lowest BCUT2D eigenvalue weighted by Crippen LogP contribution is -2.23. The second kappa shape index (κ2) is 8.17. The highest BCUT2D eigenvalue weighted by atomic mass is 19.1. The van der Waals surface area contributed by atoms with E-state index >= 15 is 0 Å². The first-order chi connectivity index (χ1) is 13.6. The zero-order valence-corrected chi connectivity index (χ0v) is 16.6. The van der Waals surface area contributed by atoms with E-state index in [1.54, 1.807) is 6.33 Å². The maximum atomic E-state index is 14.1. The first-order valence-electron chi connectivity index (χ1n) is 10.2. The molecule has 1 saturated carbocycles. The van der Waals surface area contributed by atoms with Crippen LogP contribution in [0.25, 0.3) is 10.9 Å². The molecular weight excluding hydrogens is 353 g/mol. The molecule has 2 aromatic heterocycles. The number of H-pyrrole nitrogens is 1. The summed E-state index contributed by atoms with van der Waals surface area (Å²) in [7, 11) is 0. The van der Waals surface area contributed by atoms with Crippen molar-refractivity contribution in [3.05, 3.63) is 47.2 Å². The van der Waals surface area contributed by atoms with Gasteiger partial charge in [0.1, 0.15) is 23.8 Å². The van der Waals surface area contributed by atoms with Crippen molar-refractivity contribution in [3.63, 3.8) is 0 Å². The molecule has 3 N–H and O–H groups in total. The topological polar surface area (TPSA) is 65.6 Å². The summed E-state index contributed by atoms with van der Waals surface area (Å²) < 4.78 is 14.1. The number of nitrogens with zero attached hydrogens (tertiary/aromatic N) is 2. The van der Waals surface area contributed by atoms with Crippen molar-refractivity contribution in [2.75, 3.05) is 17.2 Å². The highest BCUT2D eigenvalue weighted by Crippen LogP contribution is 2.28. The molecule has 6 heteroatoms. The SMILES string of the molecule is Cc1[nH]c2c(F)ccc(C)c2c1CCNc1cc(NC2CCCCC2)ncn1. The average Bonchev–Trinajstić information content (AvgIpc) is 3.04. The summed E-state index contributed by atoms with van der Waals surface area (Å²) in [6.07, 6.45) is 8.74. The van der Waals surface area contributed by atoms with Crippen LogP contribution in [0.3, 0.4) is 0 Å². The molecule has 148 valence electrons. The Morgan fingerprint density at radius 3 is 2.71 bits per heavy atom. The number of aryl methyl sites for hydroxylation is 2. The van der Waals surface area contributed by atoms with Crippen molar-refractivity contribution in [2.45, 2.75) is 58.4 Å². The summed E-state index contributed by atoms with van der Waals surface area (Å²) in [5.41, 5.74) is 3.88.